The maximum absolute atomic E-state index is 11.6. The highest BCUT2D eigenvalue weighted by atomic mass is 127. The second kappa shape index (κ2) is 11.5. The van der Waals surface area contributed by atoms with Crippen LogP contribution < -0.4 is 10.6 Å². The molecule has 0 amide bonds. The van der Waals surface area contributed by atoms with E-state index in [-0.39, 0.29) is 29.9 Å². The highest BCUT2D eigenvalue weighted by molar-refractivity contribution is 14.0. The molecule has 0 fully saturated rings. The van der Waals surface area contributed by atoms with E-state index in [4.69, 9.17) is 4.74 Å². The number of nitrogens with zero attached hydrogens (tertiary/aromatic N) is 1. The average Bonchev–Trinajstić information content (AvgIpc) is 2.64. The fourth-order valence-electron chi connectivity index (χ4n) is 2.27. The molecule has 140 valence electrons. The van der Waals surface area contributed by atoms with Crippen LogP contribution >= 0.6 is 24.0 Å². The van der Waals surface area contributed by atoms with Crippen molar-refractivity contribution >= 4 is 35.9 Å². The van der Waals surface area contributed by atoms with Crippen LogP contribution in [0.4, 0.5) is 0 Å². The van der Waals surface area contributed by atoms with Gasteiger partial charge in [-0.2, -0.15) is 0 Å². The minimum Gasteiger partial charge on any atom is -0.462 e. The van der Waals surface area contributed by atoms with Crippen LogP contribution in [-0.2, 0) is 17.8 Å². The Balaban J connectivity index is 0.00000338. The molecular formula is C20H26IN3O2. The lowest BCUT2D eigenvalue weighted by molar-refractivity contribution is 0.0526. The number of halogens is 1. The minimum absolute atomic E-state index is 0. The van der Waals surface area contributed by atoms with E-state index in [1.54, 1.807) is 26.1 Å². The summed E-state index contributed by atoms with van der Waals surface area (Å²) in [4.78, 5) is 15.9. The fourth-order valence-corrected chi connectivity index (χ4v) is 2.27. The molecule has 0 saturated carbocycles. The van der Waals surface area contributed by atoms with E-state index < -0.39 is 0 Å². The average molecular weight is 467 g/mol. The number of aryl methyl sites for hydroxylation is 1. The Morgan fingerprint density at radius 3 is 1.92 bits per heavy atom. The van der Waals surface area contributed by atoms with Crippen LogP contribution in [0.15, 0.2) is 53.5 Å². The third kappa shape index (κ3) is 7.03. The van der Waals surface area contributed by atoms with Crippen molar-refractivity contribution in [3.8, 4) is 0 Å². The summed E-state index contributed by atoms with van der Waals surface area (Å²) < 4.78 is 4.98. The maximum atomic E-state index is 11.6. The van der Waals surface area contributed by atoms with E-state index in [1.807, 2.05) is 12.1 Å². The predicted molar refractivity (Wildman–Crippen MR) is 116 cm³/mol. The van der Waals surface area contributed by atoms with E-state index in [2.05, 4.69) is 46.8 Å². The predicted octanol–water partition coefficient (Wildman–Crippen LogP) is 3.65. The number of nitrogens with one attached hydrogen (secondary N) is 2. The van der Waals surface area contributed by atoms with Gasteiger partial charge in [0.25, 0.3) is 0 Å². The second-order valence-corrected chi connectivity index (χ2v) is 5.68. The third-order valence-corrected chi connectivity index (χ3v) is 3.73. The molecule has 0 heterocycles. The summed E-state index contributed by atoms with van der Waals surface area (Å²) in [7, 11) is 1.74. The first-order valence-corrected chi connectivity index (χ1v) is 8.38. The Labute approximate surface area is 172 Å². The van der Waals surface area contributed by atoms with Gasteiger partial charge in [-0.25, -0.2) is 4.79 Å². The molecule has 0 bridgehead atoms. The SMILES string of the molecule is CCOC(=O)c1ccc(CNC(=NC)NCc2ccc(C)cc2)cc1.I. The van der Waals surface area contributed by atoms with Crippen LogP contribution in [0, 0.1) is 6.92 Å². The number of benzene rings is 2. The van der Waals surface area contributed by atoms with E-state index >= 15 is 0 Å². The molecule has 0 aliphatic carbocycles. The van der Waals surface area contributed by atoms with Crippen LogP contribution in [0.1, 0.15) is 34.0 Å². The molecule has 6 heteroatoms. The maximum Gasteiger partial charge on any atom is 0.338 e. The smallest absolute Gasteiger partial charge is 0.338 e. The highest BCUT2D eigenvalue weighted by Crippen LogP contribution is 2.06. The Kier molecular flexibility index (Phi) is 9.72. The Bertz CT molecular complexity index is 713. The van der Waals surface area contributed by atoms with Gasteiger partial charge in [0.15, 0.2) is 5.96 Å². The summed E-state index contributed by atoms with van der Waals surface area (Å²) in [6.07, 6.45) is 0. The monoisotopic (exact) mass is 467 g/mol. The van der Waals surface area contributed by atoms with Crippen molar-refractivity contribution in [1.29, 1.82) is 0 Å². The van der Waals surface area contributed by atoms with Crippen LogP contribution in [-0.4, -0.2) is 25.6 Å². The van der Waals surface area contributed by atoms with Crippen LogP contribution in [0.2, 0.25) is 0 Å². The molecule has 2 aromatic carbocycles. The Morgan fingerprint density at radius 2 is 1.46 bits per heavy atom. The number of rotatable bonds is 6. The van der Waals surface area contributed by atoms with E-state index in [0.29, 0.717) is 25.3 Å². The third-order valence-electron chi connectivity index (χ3n) is 3.73. The number of ether oxygens (including phenoxy) is 1. The van der Waals surface area contributed by atoms with Gasteiger partial charge in [-0.3, -0.25) is 4.99 Å². The largest absolute Gasteiger partial charge is 0.462 e. The molecule has 0 aliphatic heterocycles. The zero-order valence-corrected chi connectivity index (χ0v) is 17.7. The summed E-state index contributed by atoms with van der Waals surface area (Å²) in [5.74, 6) is 0.438. The van der Waals surface area contributed by atoms with Gasteiger partial charge in [0.2, 0.25) is 0 Å². The summed E-state index contributed by atoms with van der Waals surface area (Å²) >= 11 is 0. The number of hydrogen-bond donors (Lipinski definition) is 2. The topological polar surface area (TPSA) is 62.7 Å². The van der Waals surface area contributed by atoms with Crippen LogP contribution in [0.3, 0.4) is 0 Å². The fraction of sp³-hybridized carbons (Fsp3) is 0.300. The number of aliphatic imine (C=N–C) groups is 1. The first-order valence-electron chi connectivity index (χ1n) is 8.38. The summed E-state index contributed by atoms with van der Waals surface area (Å²) in [5, 5.41) is 6.55. The van der Waals surface area contributed by atoms with Gasteiger partial charge in [-0.1, -0.05) is 42.0 Å². The van der Waals surface area contributed by atoms with E-state index in [0.717, 1.165) is 11.5 Å². The molecule has 0 spiro atoms. The van der Waals surface area contributed by atoms with Gasteiger partial charge in [0.1, 0.15) is 0 Å². The van der Waals surface area contributed by atoms with E-state index in [9.17, 15) is 4.79 Å². The summed E-state index contributed by atoms with van der Waals surface area (Å²) in [6, 6.07) is 15.8. The van der Waals surface area contributed by atoms with Gasteiger partial charge in [0, 0.05) is 20.1 Å². The lowest BCUT2D eigenvalue weighted by Crippen LogP contribution is -2.36. The molecule has 0 unspecified atom stereocenters. The number of esters is 1. The van der Waals surface area contributed by atoms with Gasteiger partial charge in [0.05, 0.1) is 12.2 Å². The quantitative estimate of drug-likeness (QED) is 0.295. The van der Waals surface area contributed by atoms with Gasteiger partial charge < -0.3 is 15.4 Å². The lowest BCUT2D eigenvalue weighted by Gasteiger charge is -2.12. The lowest BCUT2D eigenvalue weighted by atomic mass is 10.1. The second-order valence-electron chi connectivity index (χ2n) is 5.68. The van der Waals surface area contributed by atoms with Crippen LogP contribution in [0.25, 0.3) is 0 Å². The van der Waals surface area contributed by atoms with Crippen molar-refractivity contribution in [1.82, 2.24) is 10.6 Å². The van der Waals surface area contributed by atoms with Gasteiger partial charge in [-0.05, 0) is 37.1 Å². The molecule has 0 radical (unpaired) electrons. The van der Waals surface area contributed by atoms with Crippen molar-refractivity contribution in [3.63, 3.8) is 0 Å². The minimum atomic E-state index is -0.294. The van der Waals surface area contributed by atoms with Crippen molar-refractivity contribution < 1.29 is 9.53 Å². The highest BCUT2D eigenvalue weighted by Gasteiger charge is 2.06. The number of carbonyl (C=O) groups excluding carboxylic acids is 1. The number of guanidine groups is 1. The van der Waals surface area contributed by atoms with Crippen molar-refractivity contribution in [2.45, 2.75) is 26.9 Å². The Morgan fingerprint density at radius 1 is 0.962 bits per heavy atom. The van der Waals surface area contributed by atoms with Gasteiger partial charge >= 0.3 is 5.97 Å². The zero-order valence-electron chi connectivity index (χ0n) is 15.4. The molecule has 2 aromatic rings. The van der Waals surface area contributed by atoms with Crippen LogP contribution in [0.5, 0.6) is 0 Å². The van der Waals surface area contributed by atoms with Crippen molar-refractivity contribution in [2.75, 3.05) is 13.7 Å². The standard InChI is InChI=1S/C20H25N3O2.HI/c1-4-25-19(24)18-11-9-17(10-12-18)14-23-20(21-3)22-13-16-7-5-15(2)6-8-16;/h5-12H,4,13-14H2,1-3H3,(H2,21,22,23);1H. The van der Waals surface area contributed by atoms with Gasteiger partial charge in [-0.15, -0.1) is 24.0 Å². The first kappa shape index (κ1) is 22.0. The summed E-state index contributed by atoms with van der Waals surface area (Å²) in [5.41, 5.74) is 4.07. The molecule has 0 atom stereocenters. The molecule has 2 N–H and O–H groups in total. The molecule has 0 saturated heterocycles. The molecule has 0 aromatic heterocycles. The zero-order chi connectivity index (χ0) is 18.1. The Hall–Kier alpha value is -2.09. The molecule has 0 aliphatic rings. The normalized spacial score (nSPS) is 10.7. The van der Waals surface area contributed by atoms with Crippen molar-refractivity contribution in [3.05, 3.63) is 70.8 Å². The summed E-state index contributed by atoms with van der Waals surface area (Å²) in [6.45, 7) is 5.58. The molecule has 2 rings (SSSR count). The molecular weight excluding hydrogens is 441 g/mol. The first-order chi connectivity index (χ1) is 12.1. The molecule has 5 nitrogen and oxygen atoms in total. The number of carbonyl (C=O) groups is 1. The number of hydrogen-bond acceptors (Lipinski definition) is 3. The van der Waals surface area contributed by atoms with E-state index in [1.165, 1.54) is 11.1 Å². The molecule has 26 heavy (non-hydrogen) atoms. The van der Waals surface area contributed by atoms with Crippen molar-refractivity contribution in [2.24, 2.45) is 4.99 Å².